The van der Waals surface area contributed by atoms with Gasteiger partial charge in [-0.1, -0.05) is 17.7 Å². The maximum Gasteiger partial charge on any atom is 0.251 e. The highest BCUT2D eigenvalue weighted by Gasteiger charge is 2.15. The lowest BCUT2D eigenvalue weighted by Gasteiger charge is -2.09. The molecule has 0 spiro atoms. The highest BCUT2D eigenvalue weighted by molar-refractivity contribution is 5.94. The van der Waals surface area contributed by atoms with Gasteiger partial charge < -0.3 is 16.0 Å². The van der Waals surface area contributed by atoms with Crippen molar-refractivity contribution in [1.29, 1.82) is 0 Å². The summed E-state index contributed by atoms with van der Waals surface area (Å²) in [6.45, 7) is 4.97. The predicted molar refractivity (Wildman–Crippen MR) is 94.0 cm³/mol. The number of carbonyl (C=O) groups is 2. The lowest BCUT2D eigenvalue weighted by atomic mass is 10.0. The molecule has 1 aromatic rings. The molecular formula is C17H26ClN3O2. The van der Waals surface area contributed by atoms with Crippen LogP contribution in [0.4, 0.5) is 0 Å². The number of benzene rings is 1. The van der Waals surface area contributed by atoms with Crippen molar-refractivity contribution in [2.45, 2.75) is 26.2 Å². The number of hydrogen-bond acceptors (Lipinski definition) is 3. The Bertz CT molecular complexity index is 516. The molecule has 0 aliphatic carbocycles. The van der Waals surface area contributed by atoms with E-state index in [2.05, 4.69) is 16.0 Å². The lowest BCUT2D eigenvalue weighted by Crippen LogP contribution is -2.34. The molecule has 3 N–H and O–H groups in total. The first-order valence-corrected chi connectivity index (χ1v) is 7.97. The standard InChI is InChI=1S/C17H25N3O2.ClH/c1-13-3-2-4-15(11-13)17(22)20-10-9-19-16(21)6-5-14-7-8-18-12-14;/h2-4,11,14,18H,5-10,12H2,1H3,(H,19,21)(H,20,22);1H. The fourth-order valence-corrected chi connectivity index (χ4v) is 2.65. The molecule has 0 saturated carbocycles. The third kappa shape index (κ3) is 7.01. The van der Waals surface area contributed by atoms with E-state index in [0.29, 0.717) is 31.0 Å². The molecular weight excluding hydrogens is 314 g/mol. The Morgan fingerprint density at radius 2 is 2.04 bits per heavy atom. The molecule has 1 aliphatic rings. The number of rotatable bonds is 7. The molecule has 1 aliphatic heterocycles. The molecule has 5 nitrogen and oxygen atoms in total. The first kappa shape index (κ1) is 19.5. The molecule has 0 bridgehead atoms. The summed E-state index contributed by atoms with van der Waals surface area (Å²) in [6, 6.07) is 7.46. The Morgan fingerprint density at radius 3 is 2.74 bits per heavy atom. The Hall–Kier alpha value is -1.59. The van der Waals surface area contributed by atoms with Crippen molar-refractivity contribution in [2.24, 2.45) is 5.92 Å². The molecule has 1 fully saturated rings. The van der Waals surface area contributed by atoms with Crippen LogP contribution in [0.1, 0.15) is 35.2 Å². The van der Waals surface area contributed by atoms with Crippen molar-refractivity contribution >= 4 is 24.2 Å². The van der Waals surface area contributed by atoms with Crippen LogP contribution >= 0.6 is 12.4 Å². The minimum atomic E-state index is -0.102. The van der Waals surface area contributed by atoms with Crippen LogP contribution in [0, 0.1) is 12.8 Å². The fraction of sp³-hybridized carbons (Fsp3) is 0.529. The molecule has 2 amide bonds. The van der Waals surface area contributed by atoms with E-state index in [0.717, 1.165) is 25.1 Å². The maximum atomic E-state index is 11.9. The second-order valence-corrected chi connectivity index (χ2v) is 5.87. The number of halogens is 1. The molecule has 1 atom stereocenters. The van der Waals surface area contributed by atoms with Crippen LogP contribution in [0.15, 0.2) is 24.3 Å². The summed E-state index contributed by atoms with van der Waals surface area (Å²) >= 11 is 0. The minimum Gasteiger partial charge on any atom is -0.354 e. The quantitative estimate of drug-likeness (QED) is 0.662. The van der Waals surface area contributed by atoms with Crippen molar-refractivity contribution in [2.75, 3.05) is 26.2 Å². The van der Waals surface area contributed by atoms with Gasteiger partial charge in [0.15, 0.2) is 0 Å². The Labute approximate surface area is 144 Å². The molecule has 0 aromatic heterocycles. The van der Waals surface area contributed by atoms with Gasteiger partial charge in [-0.2, -0.15) is 0 Å². The van der Waals surface area contributed by atoms with E-state index in [1.165, 1.54) is 6.42 Å². The third-order valence-electron chi connectivity index (χ3n) is 3.96. The van der Waals surface area contributed by atoms with Crippen molar-refractivity contribution in [3.05, 3.63) is 35.4 Å². The Kier molecular flexibility index (Phi) is 8.66. The number of carbonyl (C=O) groups excluding carboxylic acids is 2. The Morgan fingerprint density at radius 1 is 1.26 bits per heavy atom. The van der Waals surface area contributed by atoms with E-state index in [1.54, 1.807) is 6.07 Å². The van der Waals surface area contributed by atoms with Crippen molar-refractivity contribution < 1.29 is 9.59 Å². The van der Waals surface area contributed by atoms with E-state index in [1.807, 2.05) is 25.1 Å². The normalized spacial score (nSPS) is 16.5. The fourth-order valence-electron chi connectivity index (χ4n) is 2.65. The van der Waals surface area contributed by atoms with Gasteiger partial charge in [0.1, 0.15) is 0 Å². The molecule has 6 heteroatoms. The second kappa shape index (κ2) is 10.2. The summed E-state index contributed by atoms with van der Waals surface area (Å²) in [5.74, 6) is 0.596. The van der Waals surface area contributed by atoms with Gasteiger partial charge >= 0.3 is 0 Å². The van der Waals surface area contributed by atoms with Crippen LogP contribution in [0.2, 0.25) is 0 Å². The predicted octanol–water partition coefficient (Wildman–Crippen LogP) is 1.65. The van der Waals surface area contributed by atoms with Gasteiger partial charge in [-0.15, -0.1) is 12.4 Å². The molecule has 128 valence electrons. The van der Waals surface area contributed by atoms with Gasteiger partial charge in [-0.25, -0.2) is 0 Å². The van der Waals surface area contributed by atoms with E-state index < -0.39 is 0 Å². The minimum absolute atomic E-state index is 0. The van der Waals surface area contributed by atoms with E-state index >= 15 is 0 Å². The monoisotopic (exact) mass is 339 g/mol. The lowest BCUT2D eigenvalue weighted by molar-refractivity contribution is -0.121. The van der Waals surface area contributed by atoms with Crippen LogP contribution in [-0.2, 0) is 4.79 Å². The summed E-state index contributed by atoms with van der Waals surface area (Å²) in [6.07, 6.45) is 2.67. The molecule has 1 heterocycles. The molecule has 23 heavy (non-hydrogen) atoms. The van der Waals surface area contributed by atoms with Crippen LogP contribution in [0.5, 0.6) is 0 Å². The first-order valence-electron chi connectivity index (χ1n) is 7.97. The maximum absolute atomic E-state index is 11.9. The van der Waals surface area contributed by atoms with Crippen molar-refractivity contribution in [3.63, 3.8) is 0 Å². The van der Waals surface area contributed by atoms with Crippen LogP contribution in [-0.4, -0.2) is 38.0 Å². The molecule has 1 aromatic carbocycles. The smallest absolute Gasteiger partial charge is 0.251 e. The SMILES string of the molecule is Cc1cccc(C(=O)NCCNC(=O)CCC2CCNC2)c1.Cl. The zero-order valence-electron chi connectivity index (χ0n) is 13.6. The highest BCUT2D eigenvalue weighted by Crippen LogP contribution is 2.13. The number of nitrogens with one attached hydrogen (secondary N) is 3. The molecule has 1 saturated heterocycles. The van der Waals surface area contributed by atoms with Gasteiger partial charge in [0, 0.05) is 25.1 Å². The van der Waals surface area contributed by atoms with Gasteiger partial charge in [0.25, 0.3) is 5.91 Å². The summed E-state index contributed by atoms with van der Waals surface area (Å²) in [7, 11) is 0. The van der Waals surface area contributed by atoms with Crippen molar-refractivity contribution in [1.82, 2.24) is 16.0 Å². The van der Waals surface area contributed by atoms with Crippen LogP contribution in [0.25, 0.3) is 0 Å². The third-order valence-corrected chi connectivity index (χ3v) is 3.96. The van der Waals surface area contributed by atoms with Crippen molar-refractivity contribution in [3.8, 4) is 0 Å². The van der Waals surface area contributed by atoms with Gasteiger partial charge in [0.05, 0.1) is 0 Å². The number of amides is 2. The average molecular weight is 340 g/mol. The number of aryl methyl sites for hydroxylation is 1. The van der Waals surface area contributed by atoms with Gasteiger partial charge in [0.2, 0.25) is 5.91 Å². The number of hydrogen-bond donors (Lipinski definition) is 3. The highest BCUT2D eigenvalue weighted by atomic mass is 35.5. The van der Waals surface area contributed by atoms with Gasteiger partial charge in [-0.3, -0.25) is 9.59 Å². The van der Waals surface area contributed by atoms with E-state index in [-0.39, 0.29) is 24.2 Å². The molecule has 0 radical (unpaired) electrons. The second-order valence-electron chi connectivity index (χ2n) is 5.87. The summed E-state index contributed by atoms with van der Waals surface area (Å²) in [5, 5.41) is 8.97. The summed E-state index contributed by atoms with van der Waals surface area (Å²) in [5.41, 5.74) is 1.71. The van der Waals surface area contributed by atoms with Crippen LogP contribution in [0.3, 0.4) is 0 Å². The topological polar surface area (TPSA) is 70.2 Å². The Balaban J connectivity index is 0.00000264. The van der Waals surface area contributed by atoms with Crippen LogP contribution < -0.4 is 16.0 Å². The average Bonchev–Trinajstić information content (AvgIpc) is 3.02. The zero-order valence-corrected chi connectivity index (χ0v) is 14.4. The van der Waals surface area contributed by atoms with E-state index in [9.17, 15) is 9.59 Å². The van der Waals surface area contributed by atoms with E-state index in [4.69, 9.17) is 0 Å². The van der Waals surface area contributed by atoms with Gasteiger partial charge in [-0.05, 0) is 50.9 Å². The molecule has 2 rings (SSSR count). The molecule has 1 unspecified atom stereocenters. The largest absolute Gasteiger partial charge is 0.354 e. The summed E-state index contributed by atoms with van der Waals surface area (Å²) in [4.78, 5) is 23.6. The zero-order chi connectivity index (χ0) is 15.8. The first-order chi connectivity index (χ1) is 10.6. The summed E-state index contributed by atoms with van der Waals surface area (Å²) < 4.78 is 0.